The molecule has 3 rings (SSSR count). The predicted molar refractivity (Wildman–Crippen MR) is 106 cm³/mol. The van der Waals surface area contributed by atoms with Crippen molar-refractivity contribution in [1.82, 2.24) is 9.80 Å². The summed E-state index contributed by atoms with van der Waals surface area (Å²) in [6.07, 6.45) is 2.15. The van der Waals surface area contributed by atoms with E-state index >= 15 is 0 Å². The quantitative estimate of drug-likeness (QED) is 0.798. The smallest absolute Gasteiger partial charge is 0.245 e. The molecule has 2 fully saturated rings. The van der Waals surface area contributed by atoms with Crippen molar-refractivity contribution < 1.29 is 14.3 Å². The summed E-state index contributed by atoms with van der Waals surface area (Å²) in [6, 6.07) is 8.19. The van der Waals surface area contributed by atoms with E-state index in [1.165, 1.54) is 11.1 Å². The Labute approximate surface area is 162 Å². The normalized spacial score (nSPS) is 21.6. The molecule has 1 aromatic carbocycles. The van der Waals surface area contributed by atoms with Gasteiger partial charge < -0.3 is 14.5 Å². The van der Waals surface area contributed by atoms with Crippen LogP contribution in [0.5, 0.6) is 0 Å². The molecule has 1 aromatic rings. The van der Waals surface area contributed by atoms with E-state index in [9.17, 15) is 9.59 Å². The minimum atomic E-state index is -0.290. The summed E-state index contributed by atoms with van der Waals surface area (Å²) in [7, 11) is 0. The lowest BCUT2D eigenvalue weighted by molar-refractivity contribution is -0.146. The molecule has 5 heteroatoms. The molecular formula is C22H32N2O3. The molecule has 2 aliphatic rings. The van der Waals surface area contributed by atoms with E-state index in [2.05, 4.69) is 45.0 Å². The first-order valence-corrected chi connectivity index (χ1v) is 10.2. The number of nitrogens with zero attached hydrogens (tertiary/aromatic N) is 2. The van der Waals surface area contributed by atoms with Gasteiger partial charge in [0.1, 0.15) is 6.04 Å². The SMILES string of the molecule is Cc1ccc(C(CC(=O)N2CCC[C@H]2C(=O)N2CCOCC2)C(C)C)cc1. The highest BCUT2D eigenvalue weighted by Crippen LogP contribution is 2.31. The summed E-state index contributed by atoms with van der Waals surface area (Å²) in [5.41, 5.74) is 2.43. The van der Waals surface area contributed by atoms with Crippen LogP contribution in [0.3, 0.4) is 0 Å². The Balaban J connectivity index is 1.69. The molecule has 0 aromatic heterocycles. The van der Waals surface area contributed by atoms with Gasteiger partial charge in [0.05, 0.1) is 13.2 Å². The van der Waals surface area contributed by atoms with Crippen molar-refractivity contribution in [3.8, 4) is 0 Å². The maximum atomic E-state index is 13.1. The topological polar surface area (TPSA) is 49.9 Å². The van der Waals surface area contributed by atoms with Gasteiger partial charge in [-0.1, -0.05) is 43.7 Å². The molecule has 148 valence electrons. The van der Waals surface area contributed by atoms with Crippen LogP contribution < -0.4 is 0 Å². The van der Waals surface area contributed by atoms with Crippen molar-refractivity contribution in [2.24, 2.45) is 5.92 Å². The number of hydrogen-bond acceptors (Lipinski definition) is 3. The van der Waals surface area contributed by atoms with E-state index in [0.29, 0.717) is 45.2 Å². The molecule has 2 amide bonds. The first-order valence-electron chi connectivity index (χ1n) is 10.2. The molecule has 2 saturated heterocycles. The second kappa shape index (κ2) is 8.87. The summed E-state index contributed by atoms with van der Waals surface area (Å²) in [5.74, 6) is 0.754. The minimum Gasteiger partial charge on any atom is -0.378 e. The third kappa shape index (κ3) is 4.70. The van der Waals surface area contributed by atoms with Crippen molar-refractivity contribution in [2.45, 2.75) is 52.0 Å². The molecular weight excluding hydrogens is 340 g/mol. The highest BCUT2D eigenvalue weighted by atomic mass is 16.5. The molecule has 0 spiro atoms. The second-order valence-electron chi connectivity index (χ2n) is 8.15. The second-order valence-corrected chi connectivity index (χ2v) is 8.15. The van der Waals surface area contributed by atoms with Crippen molar-refractivity contribution in [2.75, 3.05) is 32.8 Å². The Hall–Kier alpha value is -1.88. The molecule has 2 atom stereocenters. The number of carbonyl (C=O) groups is 2. The lowest BCUT2D eigenvalue weighted by Gasteiger charge is -2.33. The molecule has 0 N–H and O–H groups in total. The summed E-state index contributed by atoms with van der Waals surface area (Å²) in [6.45, 7) is 9.55. The number of rotatable bonds is 5. The zero-order valence-corrected chi connectivity index (χ0v) is 16.8. The van der Waals surface area contributed by atoms with Crippen molar-refractivity contribution in [3.63, 3.8) is 0 Å². The van der Waals surface area contributed by atoms with Gasteiger partial charge in [-0.05, 0) is 37.2 Å². The third-order valence-electron chi connectivity index (χ3n) is 5.89. The van der Waals surface area contributed by atoms with E-state index in [-0.39, 0.29) is 23.8 Å². The van der Waals surface area contributed by atoms with Gasteiger partial charge in [0.15, 0.2) is 0 Å². The zero-order chi connectivity index (χ0) is 19.4. The van der Waals surface area contributed by atoms with Crippen LogP contribution in [0, 0.1) is 12.8 Å². The van der Waals surface area contributed by atoms with Crippen LogP contribution in [0.4, 0.5) is 0 Å². The Morgan fingerprint density at radius 2 is 1.78 bits per heavy atom. The molecule has 0 bridgehead atoms. The van der Waals surface area contributed by atoms with Crippen LogP contribution in [-0.4, -0.2) is 60.5 Å². The van der Waals surface area contributed by atoms with Gasteiger partial charge in [-0.2, -0.15) is 0 Å². The number of likely N-dealkylation sites (tertiary alicyclic amines) is 1. The number of ether oxygens (including phenoxy) is 1. The van der Waals surface area contributed by atoms with E-state index < -0.39 is 0 Å². The fourth-order valence-corrected chi connectivity index (χ4v) is 4.17. The van der Waals surface area contributed by atoms with Crippen LogP contribution in [0.1, 0.15) is 50.2 Å². The Morgan fingerprint density at radius 3 is 2.41 bits per heavy atom. The number of carbonyl (C=O) groups excluding carboxylic acids is 2. The van der Waals surface area contributed by atoms with E-state index in [4.69, 9.17) is 4.74 Å². The van der Waals surface area contributed by atoms with Crippen LogP contribution in [0.2, 0.25) is 0 Å². The van der Waals surface area contributed by atoms with E-state index in [1.807, 2.05) is 9.80 Å². The molecule has 2 heterocycles. The van der Waals surface area contributed by atoms with E-state index in [0.717, 1.165) is 12.8 Å². The van der Waals surface area contributed by atoms with Gasteiger partial charge in [-0.15, -0.1) is 0 Å². The van der Waals surface area contributed by atoms with Gasteiger partial charge in [0.25, 0.3) is 0 Å². The Bertz CT molecular complexity index is 650. The van der Waals surface area contributed by atoms with Gasteiger partial charge in [-0.25, -0.2) is 0 Å². The van der Waals surface area contributed by atoms with Crippen molar-refractivity contribution in [1.29, 1.82) is 0 Å². The van der Waals surface area contributed by atoms with Gasteiger partial charge in [0.2, 0.25) is 11.8 Å². The van der Waals surface area contributed by atoms with E-state index in [1.54, 1.807) is 0 Å². The van der Waals surface area contributed by atoms with Crippen molar-refractivity contribution in [3.05, 3.63) is 35.4 Å². The van der Waals surface area contributed by atoms with Crippen LogP contribution in [0.15, 0.2) is 24.3 Å². The van der Waals surface area contributed by atoms with Gasteiger partial charge >= 0.3 is 0 Å². The molecule has 5 nitrogen and oxygen atoms in total. The maximum absolute atomic E-state index is 13.1. The number of amides is 2. The average molecular weight is 373 g/mol. The fourth-order valence-electron chi connectivity index (χ4n) is 4.17. The average Bonchev–Trinajstić information content (AvgIpc) is 3.16. The summed E-state index contributed by atoms with van der Waals surface area (Å²) < 4.78 is 5.35. The molecule has 0 aliphatic carbocycles. The standard InChI is InChI=1S/C22H32N2O3/c1-16(2)19(18-8-6-17(3)7-9-18)15-21(25)24-10-4-5-20(24)22(26)23-11-13-27-14-12-23/h6-9,16,19-20H,4-5,10-15H2,1-3H3/t19?,20-/m0/s1. The summed E-state index contributed by atoms with van der Waals surface area (Å²) >= 11 is 0. The molecule has 0 saturated carbocycles. The largest absolute Gasteiger partial charge is 0.378 e. The highest BCUT2D eigenvalue weighted by Gasteiger charge is 2.37. The summed E-state index contributed by atoms with van der Waals surface area (Å²) in [4.78, 5) is 29.7. The van der Waals surface area contributed by atoms with Crippen LogP contribution in [-0.2, 0) is 14.3 Å². The number of aryl methyl sites for hydroxylation is 1. The first kappa shape index (κ1) is 19.9. The molecule has 2 aliphatic heterocycles. The minimum absolute atomic E-state index is 0.0978. The number of morpholine rings is 1. The molecule has 0 radical (unpaired) electrons. The predicted octanol–water partition coefficient (Wildman–Crippen LogP) is 2.97. The molecule has 27 heavy (non-hydrogen) atoms. The van der Waals surface area contributed by atoms with Gasteiger partial charge in [-0.3, -0.25) is 9.59 Å². The Kier molecular flexibility index (Phi) is 6.53. The lowest BCUT2D eigenvalue weighted by Crippen LogP contribution is -2.51. The summed E-state index contributed by atoms with van der Waals surface area (Å²) in [5, 5.41) is 0. The third-order valence-corrected chi connectivity index (χ3v) is 5.89. The maximum Gasteiger partial charge on any atom is 0.245 e. The van der Waals surface area contributed by atoms with Crippen LogP contribution in [0.25, 0.3) is 0 Å². The van der Waals surface area contributed by atoms with Crippen molar-refractivity contribution >= 4 is 11.8 Å². The zero-order valence-electron chi connectivity index (χ0n) is 16.8. The first-order chi connectivity index (χ1) is 13.0. The van der Waals surface area contributed by atoms with Gasteiger partial charge in [0, 0.05) is 26.1 Å². The number of benzene rings is 1. The molecule has 1 unspecified atom stereocenters. The number of hydrogen-bond donors (Lipinski definition) is 0. The Morgan fingerprint density at radius 1 is 1.11 bits per heavy atom. The lowest BCUT2D eigenvalue weighted by atomic mass is 9.85. The monoisotopic (exact) mass is 372 g/mol. The fraction of sp³-hybridized carbons (Fsp3) is 0.636. The van der Waals surface area contributed by atoms with Crippen LogP contribution >= 0.6 is 0 Å². The highest BCUT2D eigenvalue weighted by molar-refractivity contribution is 5.88.